The Kier molecular flexibility index (Phi) is 4.47. The van der Waals surface area contributed by atoms with Crippen LogP contribution in [0, 0.1) is 6.92 Å². The molecule has 6 rings (SSSR count). The van der Waals surface area contributed by atoms with Gasteiger partial charge in [0.1, 0.15) is 11.2 Å². The van der Waals surface area contributed by atoms with Crippen molar-refractivity contribution in [3.05, 3.63) is 82.7 Å². The molecule has 0 fully saturated rings. The molecule has 5 aromatic heterocycles. The molecule has 164 valence electrons. The second-order valence-corrected chi connectivity index (χ2v) is 8.11. The molecule has 6 heterocycles. The Hall–Kier alpha value is -4.05. The van der Waals surface area contributed by atoms with E-state index in [4.69, 9.17) is 16.0 Å². The highest BCUT2D eigenvalue weighted by Gasteiger charge is 2.38. The summed E-state index contributed by atoms with van der Waals surface area (Å²) in [5.41, 5.74) is 4.58. The number of halogens is 1. The molecule has 10 nitrogen and oxygen atoms in total. The quantitative estimate of drug-likeness (QED) is 0.410. The van der Waals surface area contributed by atoms with Crippen LogP contribution < -0.4 is 0 Å². The Bertz CT molecular complexity index is 1500. The summed E-state index contributed by atoms with van der Waals surface area (Å²) in [6.45, 7) is 2.28. The van der Waals surface area contributed by atoms with Gasteiger partial charge in [0, 0.05) is 30.6 Å². The number of hydrogen-bond acceptors (Lipinski definition) is 7. The van der Waals surface area contributed by atoms with Crippen molar-refractivity contribution in [2.24, 2.45) is 0 Å². The van der Waals surface area contributed by atoms with Crippen LogP contribution in [0.1, 0.15) is 39.5 Å². The van der Waals surface area contributed by atoms with Gasteiger partial charge >= 0.3 is 11.8 Å². The number of aromatic nitrogens is 7. The van der Waals surface area contributed by atoms with Crippen molar-refractivity contribution in [2.45, 2.75) is 19.4 Å². The first kappa shape index (κ1) is 19.6. The van der Waals surface area contributed by atoms with Crippen LogP contribution in [0.15, 0.2) is 53.3 Å². The van der Waals surface area contributed by atoms with E-state index >= 15 is 0 Å². The van der Waals surface area contributed by atoms with Crippen molar-refractivity contribution in [3.8, 4) is 11.5 Å². The van der Waals surface area contributed by atoms with Gasteiger partial charge in [-0.05, 0) is 37.3 Å². The molecule has 1 amide bonds. The zero-order valence-electron chi connectivity index (χ0n) is 17.4. The maximum Gasteiger partial charge on any atom is 0.312 e. The van der Waals surface area contributed by atoms with Gasteiger partial charge in [0.2, 0.25) is 5.89 Å². The lowest BCUT2D eigenvalue weighted by Gasteiger charge is -2.32. The molecule has 0 radical (unpaired) electrons. The number of amides is 1. The van der Waals surface area contributed by atoms with E-state index in [1.165, 1.54) is 0 Å². The van der Waals surface area contributed by atoms with Gasteiger partial charge in [0.15, 0.2) is 0 Å². The number of carbonyl (C=O) groups is 1. The predicted molar refractivity (Wildman–Crippen MR) is 118 cm³/mol. The number of aromatic amines is 1. The maximum atomic E-state index is 13.5. The minimum Gasteiger partial charge on any atom is -0.412 e. The topological polar surface area (TPSA) is 118 Å². The van der Waals surface area contributed by atoms with Crippen molar-refractivity contribution in [1.82, 2.24) is 39.7 Å². The SMILES string of the molecule is Cc1ncccc1-c1nnc(C(=O)N2CCc3[nH]cnc3[C@@H]2c2cc3cccc(Cl)n3n2)o1. The average molecular weight is 461 g/mol. The van der Waals surface area contributed by atoms with E-state index in [2.05, 4.69) is 30.2 Å². The number of hydrogen-bond donors (Lipinski definition) is 1. The largest absolute Gasteiger partial charge is 0.412 e. The third-order valence-electron chi connectivity index (χ3n) is 5.77. The molecule has 0 unspecified atom stereocenters. The predicted octanol–water partition coefficient (Wildman–Crippen LogP) is 3.25. The highest BCUT2D eigenvalue weighted by atomic mass is 35.5. The highest BCUT2D eigenvalue weighted by molar-refractivity contribution is 6.29. The van der Waals surface area contributed by atoms with Crippen molar-refractivity contribution < 1.29 is 9.21 Å². The summed E-state index contributed by atoms with van der Waals surface area (Å²) in [5, 5.41) is 13.2. The molecule has 0 spiro atoms. The van der Waals surface area contributed by atoms with Gasteiger partial charge in [0.05, 0.1) is 28.8 Å². The van der Waals surface area contributed by atoms with Crippen LogP contribution in [0.25, 0.3) is 17.0 Å². The smallest absolute Gasteiger partial charge is 0.312 e. The van der Waals surface area contributed by atoms with Crippen LogP contribution >= 0.6 is 11.6 Å². The van der Waals surface area contributed by atoms with Crippen molar-refractivity contribution in [2.75, 3.05) is 6.54 Å². The number of rotatable bonds is 3. The summed E-state index contributed by atoms with van der Waals surface area (Å²) < 4.78 is 7.40. The zero-order chi connectivity index (χ0) is 22.5. The van der Waals surface area contributed by atoms with Crippen LogP contribution in [0.4, 0.5) is 0 Å². The van der Waals surface area contributed by atoms with Gasteiger partial charge in [-0.1, -0.05) is 17.7 Å². The van der Waals surface area contributed by atoms with E-state index in [0.29, 0.717) is 29.4 Å². The lowest BCUT2D eigenvalue weighted by atomic mass is 9.99. The van der Waals surface area contributed by atoms with E-state index in [-0.39, 0.29) is 11.8 Å². The number of aryl methyl sites for hydroxylation is 1. The molecule has 0 aromatic carbocycles. The molecular weight excluding hydrogens is 444 g/mol. The normalized spacial score (nSPS) is 15.7. The van der Waals surface area contributed by atoms with Gasteiger partial charge in [-0.25, -0.2) is 9.50 Å². The fraction of sp³-hybridized carbons (Fsp3) is 0.182. The van der Waals surface area contributed by atoms with E-state index in [1.54, 1.807) is 34.1 Å². The van der Waals surface area contributed by atoms with Crippen LogP contribution in [-0.2, 0) is 6.42 Å². The zero-order valence-corrected chi connectivity index (χ0v) is 18.2. The van der Waals surface area contributed by atoms with Crippen molar-refractivity contribution in [1.29, 1.82) is 0 Å². The van der Waals surface area contributed by atoms with E-state index < -0.39 is 11.9 Å². The number of imidazole rings is 1. The number of nitrogens with one attached hydrogen (secondary N) is 1. The fourth-order valence-corrected chi connectivity index (χ4v) is 4.39. The molecule has 5 aromatic rings. The van der Waals surface area contributed by atoms with Crippen LogP contribution in [0.5, 0.6) is 0 Å². The molecule has 1 aliphatic heterocycles. The number of fused-ring (bicyclic) bond motifs is 2. The van der Waals surface area contributed by atoms with Gasteiger partial charge < -0.3 is 14.3 Å². The first-order valence-corrected chi connectivity index (χ1v) is 10.7. The third kappa shape index (κ3) is 3.18. The van der Waals surface area contributed by atoms with Gasteiger partial charge in [0.25, 0.3) is 0 Å². The van der Waals surface area contributed by atoms with Crippen LogP contribution in [0.3, 0.4) is 0 Å². The average Bonchev–Trinajstić information content (AvgIpc) is 3.57. The molecule has 0 bridgehead atoms. The molecule has 1 N–H and O–H groups in total. The summed E-state index contributed by atoms with van der Waals surface area (Å²) in [6, 6.07) is 10.5. The molecule has 11 heteroatoms. The minimum atomic E-state index is -0.529. The Balaban J connectivity index is 1.41. The number of carbonyl (C=O) groups excluding carboxylic acids is 1. The standard InChI is InChI=1S/C22H17ClN8O2/c1-12-14(5-3-8-24-12)20-27-28-21(33-20)22(32)30-9-7-15-18(26-11-25-15)19(30)16-10-13-4-2-6-17(23)31(13)29-16/h2-6,8,10-11,19H,7,9H2,1H3,(H,25,26)/t19-/m0/s1. The van der Waals surface area contributed by atoms with Crippen LogP contribution in [-0.4, -0.2) is 52.1 Å². The molecule has 33 heavy (non-hydrogen) atoms. The summed E-state index contributed by atoms with van der Waals surface area (Å²) in [6.07, 6.45) is 3.93. The summed E-state index contributed by atoms with van der Waals surface area (Å²) >= 11 is 6.32. The number of pyridine rings is 2. The molecule has 1 aliphatic rings. The summed E-state index contributed by atoms with van der Waals surface area (Å²) in [5.74, 6) is -0.242. The van der Waals surface area contributed by atoms with Gasteiger partial charge in [-0.3, -0.25) is 9.78 Å². The molecule has 0 saturated heterocycles. The maximum absolute atomic E-state index is 13.5. The number of H-pyrrole nitrogens is 1. The second-order valence-electron chi connectivity index (χ2n) is 7.72. The number of nitrogens with zero attached hydrogens (tertiary/aromatic N) is 7. The lowest BCUT2D eigenvalue weighted by molar-refractivity contribution is 0.0646. The Morgan fingerprint density at radius 3 is 2.97 bits per heavy atom. The first-order valence-electron chi connectivity index (χ1n) is 10.3. The molecular formula is C22H17ClN8O2. The monoisotopic (exact) mass is 460 g/mol. The second kappa shape index (κ2) is 7.52. The van der Waals surface area contributed by atoms with Crippen molar-refractivity contribution >= 4 is 23.0 Å². The fourth-order valence-electron chi connectivity index (χ4n) is 4.18. The Morgan fingerprint density at radius 2 is 2.12 bits per heavy atom. The van der Waals surface area contributed by atoms with Gasteiger partial charge in [-0.2, -0.15) is 5.10 Å². The van der Waals surface area contributed by atoms with E-state index in [9.17, 15) is 4.79 Å². The Morgan fingerprint density at radius 1 is 1.21 bits per heavy atom. The van der Waals surface area contributed by atoms with Gasteiger partial charge in [-0.15, -0.1) is 10.2 Å². The summed E-state index contributed by atoms with van der Waals surface area (Å²) in [4.78, 5) is 27.1. The molecule has 0 saturated carbocycles. The van der Waals surface area contributed by atoms with E-state index in [0.717, 1.165) is 22.6 Å². The van der Waals surface area contributed by atoms with Crippen molar-refractivity contribution in [3.63, 3.8) is 0 Å². The summed E-state index contributed by atoms with van der Waals surface area (Å²) in [7, 11) is 0. The highest BCUT2D eigenvalue weighted by Crippen LogP contribution is 2.35. The van der Waals surface area contributed by atoms with Crippen LogP contribution in [0.2, 0.25) is 5.15 Å². The van der Waals surface area contributed by atoms with E-state index in [1.807, 2.05) is 31.2 Å². The molecule has 0 aliphatic carbocycles. The molecule has 1 atom stereocenters. The lowest BCUT2D eigenvalue weighted by Crippen LogP contribution is -2.41. The Labute approximate surface area is 192 Å². The minimum absolute atomic E-state index is 0.0981. The first-order chi connectivity index (χ1) is 16.1. The third-order valence-corrected chi connectivity index (χ3v) is 6.06.